The summed E-state index contributed by atoms with van der Waals surface area (Å²) in [5, 5.41) is 1.66. The minimum atomic E-state index is 0.0243. The van der Waals surface area contributed by atoms with Crippen LogP contribution >= 0.6 is 23.5 Å². The first kappa shape index (κ1) is 10.4. The molecule has 5 heteroatoms. The molecular weight excluding hydrogens is 216 g/mol. The zero-order valence-electron chi connectivity index (χ0n) is 8.23. The topological polar surface area (TPSA) is 32.7 Å². The highest BCUT2D eigenvalue weighted by atomic mass is 32.2. The fourth-order valence-corrected chi connectivity index (χ4v) is 3.33. The Labute approximate surface area is 92.7 Å². The smallest absolute Gasteiger partial charge is 0.258 e. The second-order valence-corrected chi connectivity index (χ2v) is 5.60. The van der Waals surface area contributed by atoms with Crippen molar-refractivity contribution in [1.82, 2.24) is 4.90 Å². The second kappa shape index (κ2) is 4.57. The average Bonchev–Trinajstić information content (AvgIpc) is 2.65. The van der Waals surface area contributed by atoms with Crippen molar-refractivity contribution in [2.75, 3.05) is 25.1 Å². The predicted octanol–water partition coefficient (Wildman–Crippen LogP) is 1.44. The van der Waals surface area contributed by atoms with Crippen molar-refractivity contribution in [2.24, 2.45) is 4.99 Å². The summed E-state index contributed by atoms with van der Waals surface area (Å²) < 4.78 is 0. The molecule has 0 aliphatic carbocycles. The molecule has 78 valence electrons. The molecule has 14 heavy (non-hydrogen) atoms. The molecule has 3 nitrogen and oxygen atoms in total. The Kier molecular flexibility index (Phi) is 3.38. The molecule has 1 fully saturated rings. The molecule has 0 bridgehead atoms. The zero-order valence-corrected chi connectivity index (χ0v) is 9.87. The molecule has 0 saturated carbocycles. The van der Waals surface area contributed by atoms with Crippen LogP contribution in [0.1, 0.15) is 12.8 Å². The second-order valence-electron chi connectivity index (χ2n) is 3.52. The number of thioether (sulfide) groups is 2. The van der Waals surface area contributed by atoms with E-state index < -0.39 is 0 Å². The fourth-order valence-electron chi connectivity index (χ4n) is 1.76. The Hall–Kier alpha value is -0.160. The van der Waals surface area contributed by atoms with E-state index in [0.29, 0.717) is 11.0 Å². The number of aliphatic imine (C=N–C) groups is 1. The van der Waals surface area contributed by atoms with E-state index in [1.54, 1.807) is 11.8 Å². The van der Waals surface area contributed by atoms with E-state index in [4.69, 9.17) is 0 Å². The van der Waals surface area contributed by atoms with Gasteiger partial charge < -0.3 is 4.90 Å². The van der Waals surface area contributed by atoms with Crippen molar-refractivity contribution in [3.8, 4) is 0 Å². The highest BCUT2D eigenvalue weighted by Gasteiger charge is 2.25. The lowest BCUT2D eigenvalue weighted by Gasteiger charge is -2.32. The Morgan fingerprint density at radius 2 is 2.50 bits per heavy atom. The number of hydrogen-bond acceptors (Lipinski definition) is 4. The van der Waals surface area contributed by atoms with Crippen LogP contribution in [0.2, 0.25) is 0 Å². The van der Waals surface area contributed by atoms with Gasteiger partial charge in [0.15, 0.2) is 5.17 Å². The molecule has 0 N–H and O–H groups in total. The molecule has 2 aliphatic heterocycles. The lowest BCUT2D eigenvalue weighted by atomic mass is 10.1. The summed E-state index contributed by atoms with van der Waals surface area (Å²) in [4.78, 5) is 17.3. The lowest BCUT2D eigenvalue weighted by Crippen LogP contribution is -2.39. The van der Waals surface area contributed by atoms with E-state index in [2.05, 4.69) is 16.1 Å². The van der Waals surface area contributed by atoms with E-state index in [-0.39, 0.29) is 5.91 Å². The number of carbonyl (C=O) groups excluding carboxylic acids is 1. The monoisotopic (exact) mass is 230 g/mol. The van der Waals surface area contributed by atoms with Gasteiger partial charge >= 0.3 is 0 Å². The first-order chi connectivity index (χ1) is 6.79. The third kappa shape index (κ3) is 2.25. The van der Waals surface area contributed by atoms with Crippen LogP contribution in [0.4, 0.5) is 0 Å². The fraction of sp³-hybridized carbons (Fsp3) is 0.778. The number of nitrogens with zero attached hydrogens (tertiary/aromatic N) is 2. The van der Waals surface area contributed by atoms with E-state index in [9.17, 15) is 4.79 Å². The molecule has 0 aromatic rings. The van der Waals surface area contributed by atoms with Gasteiger partial charge in [-0.15, -0.1) is 0 Å². The van der Waals surface area contributed by atoms with Gasteiger partial charge in [0.05, 0.1) is 5.75 Å². The maximum Gasteiger partial charge on any atom is 0.258 e. The standard InChI is InChI=1S/C9H14N2OS2/c1-13-7-3-2-4-11(5-7)9-10-8(12)6-14-9/h7H,2-6H2,1H3. The largest absolute Gasteiger partial charge is 0.350 e. The first-order valence-corrected chi connectivity index (χ1v) is 7.09. The van der Waals surface area contributed by atoms with Crippen LogP contribution in [-0.4, -0.2) is 46.3 Å². The van der Waals surface area contributed by atoms with E-state index >= 15 is 0 Å². The van der Waals surface area contributed by atoms with Gasteiger partial charge in [0.1, 0.15) is 0 Å². The first-order valence-electron chi connectivity index (χ1n) is 4.81. The Morgan fingerprint density at radius 3 is 3.14 bits per heavy atom. The van der Waals surface area contributed by atoms with Crippen molar-refractivity contribution in [3.05, 3.63) is 0 Å². The third-order valence-electron chi connectivity index (χ3n) is 2.53. The van der Waals surface area contributed by atoms with E-state index in [1.165, 1.54) is 12.8 Å². The number of hydrogen-bond donors (Lipinski definition) is 0. The van der Waals surface area contributed by atoms with Gasteiger partial charge in [-0.1, -0.05) is 11.8 Å². The molecule has 2 heterocycles. The minimum absolute atomic E-state index is 0.0243. The van der Waals surface area contributed by atoms with Crippen LogP contribution in [-0.2, 0) is 4.79 Å². The van der Waals surface area contributed by atoms with Gasteiger partial charge in [0.2, 0.25) is 0 Å². The maximum atomic E-state index is 11.0. The van der Waals surface area contributed by atoms with Crippen LogP contribution in [0.25, 0.3) is 0 Å². The molecular formula is C9H14N2OS2. The minimum Gasteiger partial charge on any atom is -0.350 e. The number of amides is 1. The highest BCUT2D eigenvalue weighted by Crippen LogP contribution is 2.25. The molecule has 1 amide bonds. The summed E-state index contributed by atoms with van der Waals surface area (Å²) in [5.41, 5.74) is 0. The number of piperidine rings is 1. The van der Waals surface area contributed by atoms with Crippen molar-refractivity contribution >= 4 is 34.6 Å². The van der Waals surface area contributed by atoms with Crippen LogP contribution in [0.15, 0.2) is 4.99 Å². The van der Waals surface area contributed by atoms with Gasteiger partial charge in [-0.05, 0) is 19.1 Å². The van der Waals surface area contributed by atoms with E-state index in [1.807, 2.05) is 11.8 Å². The summed E-state index contributed by atoms with van der Waals surface area (Å²) in [5.74, 6) is 0.562. The summed E-state index contributed by atoms with van der Waals surface area (Å²) in [6.45, 7) is 2.12. The summed E-state index contributed by atoms with van der Waals surface area (Å²) in [6, 6.07) is 0. The number of rotatable bonds is 1. The molecule has 0 aromatic carbocycles. The number of amidine groups is 1. The maximum absolute atomic E-state index is 11.0. The van der Waals surface area contributed by atoms with Crippen LogP contribution in [0.5, 0.6) is 0 Å². The molecule has 1 unspecified atom stereocenters. The summed E-state index contributed by atoms with van der Waals surface area (Å²) >= 11 is 3.50. The molecule has 2 rings (SSSR count). The van der Waals surface area contributed by atoms with Gasteiger partial charge in [0, 0.05) is 18.3 Å². The number of carbonyl (C=O) groups is 1. The van der Waals surface area contributed by atoms with Crippen LogP contribution < -0.4 is 0 Å². The highest BCUT2D eigenvalue weighted by molar-refractivity contribution is 8.14. The van der Waals surface area contributed by atoms with Crippen LogP contribution in [0.3, 0.4) is 0 Å². The van der Waals surface area contributed by atoms with Gasteiger partial charge in [-0.25, -0.2) is 0 Å². The number of likely N-dealkylation sites (tertiary alicyclic amines) is 1. The lowest BCUT2D eigenvalue weighted by molar-refractivity contribution is -0.115. The van der Waals surface area contributed by atoms with Crippen molar-refractivity contribution in [3.63, 3.8) is 0 Å². The predicted molar refractivity (Wildman–Crippen MR) is 63.0 cm³/mol. The van der Waals surface area contributed by atoms with Gasteiger partial charge in [-0.2, -0.15) is 16.8 Å². The molecule has 1 atom stereocenters. The molecule has 0 aromatic heterocycles. The summed E-state index contributed by atoms with van der Waals surface area (Å²) in [6.07, 6.45) is 4.67. The average molecular weight is 230 g/mol. The Bertz CT molecular complexity index is 268. The van der Waals surface area contributed by atoms with Gasteiger partial charge in [0.25, 0.3) is 5.91 Å². The molecule has 0 radical (unpaired) electrons. The normalized spacial score (nSPS) is 28.1. The third-order valence-corrected chi connectivity index (χ3v) is 4.58. The van der Waals surface area contributed by atoms with Crippen molar-refractivity contribution in [2.45, 2.75) is 18.1 Å². The Balaban J connectivity index is 1.97. The SMILES string of the molecule is CSC1CCCN(C2=NC(=O)CS2)C1. The quantitative estimate of drug-likeness (QED) is 0.682. The van der Waals surface area contributed by atoms with Crippen molar-refractivity contribution < 1.29 is 4.79 Å². The molecule has 2 aliphatic rings. The molecule has 0 spiro atoms. The molecule has 1 saturated heterocycles. The Morgan fingerprint density at radius 1 is 1.64 bits per heavy atom. The summed E-state index contributed by atoms with van der Waals surface area (Å²) in [7, 11) is 0. The van der Waals surface area contributed by atoms with Gasteiger partial charge in [-0.3, -0.25) is 4.79 Å². The van der Waals surface area contributed by atoms with E-state index in [0.717, 1.165) is 18.3 Å². The zero-order chi connectivity index (χ0) is 9.97. The van der Waals surface area contributed by atoms with Crippen molar-refractivity contribution in [1.29, 1.82) is 0 Å². The van der Waals surface area contributed by atoms with Crippen LogP contribution in [0, 0.1) is 0 Å².